The van der Waals surface area contributed by atoms with Crippen LogP contribution in [0.25, 0.3) is 10.2 Å². The van der Waals surface area contributed by atoms with Gasteiger partial charge in [-0.05, 0) is 47.0 Å². The number of benzene rings is 3. The maximum Gasteiger partial charge on any atom is 0.329 e. The molecule has 0 unspecified atom stereocenters. The smallest absolute Gasteiger partial charge is 0.329 e. The fourth-order valence-corrected chi connectivity index (χ4v) is 6.48. The minimum absolute atomic E-state index is 0.108. The molecule has 0 radical (unpaired) electrons. The number of hydrazine groups is 1. The summed E-state index contributed by atoms with van der Waals surface area (Å²) < 4.78 is 19.6. The number of nitrogen functional groups attached to an aromatic ring is 1. The van der Waals surface area contributed by atoms with E-state index in [0.29, 0.717) is 16.4 Å². The maximum atomic E-state index is 14.1. The normalized spacial score (nSPS) is 18.4. The highest BCUT2D eigenvalue weighted by atomic mass is 32.1. The zero-order valence-corrected chi connectivity index (χ0v) is 25.0. The van der Waals surface area contributed by atoms with E-state index in [0.717, 1.165) is 21.3 Å². The fraction of sp³-hybridized carbons (Fsp3) is 0.290. The lowest BCUT2D eigenvalue weighted by Gasteiger charge is -2.44. The van der Waals surface area contributed by atoms with Gasteiger partial charge in [0.25, 0.3) is 0 Å². The Balaban J connectivity index is 1.23. The molecule has 3 heterocycles. The molecule has 2 atom stereocenters. The number of aliphatic hydroxyl groups excluding tert-OH is 1. The third-order valence-corrected chi connectivity index (χ3v) is 8.64. The first-order valence-electron chi connectivity index (χ1n) is 14.4. The SMILES string of the molecule is Nc1nc2c(CN3C[C@@H]4N(NC(=O)NCc5ccc(F)cc5)CC(=O)N4[C@@H](Cc4ccc(OCCO)cc4)C3=O)cccc2s1. The van der Waals surface area contributed by atoms with E-state index >= 15 is 0 Å². The maximum absolute atomic E-state index is 14.1. The van der Waals surface area contributed by atoms with Crippen molar-refractivity contribution in [3.05, 3.63) is 89.2 Å². The Labute approximate surface area is 262 Å². The summed E-state index contributed by atoms with van der Waals surface area (Å²) in [7, 11) is 0. The first-order chi connectivity index (χ1) is 21.8. The van der Waals surface area contributed by atoms with Crippen LogP contribution in [-0.4, -0.2) is 81.3 Å². The molecule has 2 aliphatic rings. The molecule has 0 spiro atoms. The quantitative estimate of drug-likeness (QED) is 0.208. The lowest BCUT2D eigenvalue weighted by atomic mass is 9.99. The van der Waals surface area contributed by atoms with Gasteiger partial charge >= 0.3 is 6.03 Å². The average Bonchev–Trinajstić information content (AvgIpc) is 3.57. The van der Waals surface area contributed by atoms with Crippen molar-refractivity contribution in [2.45, 2.75) is 31.7 Å². The number of hydrogen-bond acceptors (Lipinski definition) is 9. The number of nitrogens with two attached hydrogens (primary N) is 1. The molecule has 4 amide bonds. The zero-order chi connectivity index (χ0) is 31.5. The van der Waals surface area contributed by atoms with Crippen LogP contribution in [0.3, 0.4) is 0 Å². The minimum atomic E-state index is -0.825. The van der Waals surface area contributed by atoms with Crippen molar-refractivity contribution in [3.63, 3.8) is 0 Å². The molecule has 1 aromatic heterocycles. The molecule has 12 nitrogen and oxygen atoms in total. The van der Waals surface area contributed by atoms with Crippen LogP contribution in [0.15, 0.2) is 66.7 Å². The van der Waals surface area contributed by atoms with Crippen molar-refractivity contribution in [3.8, 4) is 5.75 Å². The Morgan fingerprint density at radius 3 is 2.60 bits per heavy atom. The summed E-state index contributed by atoms with van der Waals surface area (Å²) in [5.74, 6) is -0.292. The number of nitrogens with zero attached hydrogens (tertiary/aromatic N) is 4. The van der Waals surface area contributed by atoms with Crippen LogP contribution >= 0.6 is 11.3 Å². The molecule has 14 heteroatoms. The number of aliphatic hydroxyl groups is 1. The molecule has 0 aliphatic carbocycles. The number of para-hydroxylation sites is 1. The van der Waals surface area contributed by atoms with Gasteiger partial charge in [-0.15, -0.1) is 0 Å². The third kappa shape index (κ3) is 6.67. The second kappa shape index (κ2) is 13.1. The Bertz CT molecular complexity index is 1700. The Morgan fingerprint density at radius 1 is 1.09 bits per heavy atom. The van der Waals surface area contributed by atoms with Gasteiger partial charge < -0.3 is 30.7 Å². The van der Waals surface area contributed by atoms with Crippen LogP contribution in [0.5, 0.6) is 5.75 Å². The van der Waals surface area contributed by atoms with E-state index in [1.807, 2.05) is 30.3 Å². The predicted molar refractivity (Wildman–Crippen MR) is 165 cm³/mol. The van der Waals surface area contributed by atoms with Gasteiger partial charge in [-0.3, -0.25) is 15.0 Å². The first-order valence-corrected chi connectivity index (χ1v) is 15.2. The highest BCUT2D eigenvalue weighted by Gasteiger charge is 2.50. The number of amides is 4. The molecule has 45 heavy (non-hydrogen) atoms. The molecule has 234 valence electrons. The molecule has 2 aliphatic heterocycles. The van der Waals surface area contributed by atoms with E-state index in [1.165, 1.54) is 23.5 Å². The number of carbonyl (C=O) groups is 3. The zero-order valence-electron chi connectivity index (χ0n) is 24.2. The Kier molecular flexibility index (Phi) is 8.78. The average molecular weight is 634 g/mol. The van der Waals surface area contributed by atoms with Crippen LogP contribution in [0.1, 0.15) is 16.7 Å². The van der Waals surface area contributed by atoms with Gasteiger partial charge in [-0.25, -0.2) is 14.2 Å². The van der Waals surface area contributed by atoms with Crippen molar-refractivity contribution in [1.29, 1.82) is 0 Å². The van der Waals surface area contributed by atoms with E-state index < -0.39 is 18.2 Å². The second-order valence-electron chi connectivity index (χ2n) is 10.8. The van der Waals surface area contributed by atoms with Crippen LogP contribution < -0.4 is 21.2 Å². The summed E-state index contributed by atoms with van der Waals surface area (Å²) >= 11 is 1.37. The van der Waals surface area contributed by atoms with E-state index in [-0.39, 0.29) is 63.4 Å². The number of hydrogen-bond donors (Lipinski definition) is 4. The molecule has 2 fully saturated rings. The topological polar surface area (TPSA) is 153 Å². The van der Waals surface area contributed by atoms with Crippen LogP contribution in [0, 0.1) is 5.82 Å². The van der Waals surface area contributed by atoms with Crippen LogP contribution in [0.2, 0.25) is 0 Å². The summed E-state index contributed by atoms with van der Waals surface area (Å²) in [6, 6.07) is 17.3. The molecule has 3 aromatic carbocycles. The predicted octanol–water partition coefficient (Wildman–Crippen LogP) is 2.23. The van der Waals surface area contributed by atoms with E-state index in [1.54, 1.807) is 39.1 Å². The van der Waals surface area contributed by atoms with Gasteiger partial charge in [-0.1, -0.05) is 47.7 Å². The van der Waals surface area contributed by atoms with Gasteiger partial charge in [0, 0.05) is 19.5 Å². The number of aromatic nitrogens is 1. The summed E-state index contributed by atoms with van der Waals surface area (Å²) in [6.07, 6.45) is -0.375. The lowest BCUT2D eigenvalue weighted by Crippen LogP contribution is -2.65. The molecule has 2 saturated heterocycles. The van der Waals surface area contributed by atoms with Crippen molar-refractivity contribution in [1.82, 2.24) is 30.5 Å². The van der Waals surface area contributed by atoms with Crippen LogP contribution in [-0.2, 0) is 29.1 Å². The fourth-order valence-electron chi connectivity index (χ4n) is 5.70. The van der Waals surface area contributed by atoms with Gasteiger partial charge in [0.15, 0.2) is 5.13 Å². The Morgan fingerprint density at radius 2 is 1.84 bits per heavy atom. The van der Waals surface area contributed by atoms with Crippen LogP contribution in [0.4, 0.5) is 14.3 Å². The number of fused-ring (bicyclic) bond motifs is 2. The molecular formula is C31H32FN7O5S. The van der Waals surface area contributed by atoms with Gasteiger partial charge in [0.05, 0.1) is 29.9 Å². The number of rotatable bonds is 10. The number of nitrogens with one attached hydrogen (secondary N) is 2. The standard InChI is InChI=1S/C31H32FN7O5S/c32-22-8-4-20(5-9-22)15-34-31(43)36-38-18-27(41)39-24(14-19-6-10-23(11-7-19)44-13-12-40)29(42)37(17-26(38)39)16-21-2-1-3-25-28(21)35-30(33)45-25/h1-11,24,26,40H,12-18H2,(H2,33,35)(H2,34,36,43)/t24-,26+/m0/s1. The number of thiazole rings is 1. The highest BCUT2D eigenvalue weighted by molar-refractivity contribution is 7.22. The van der Waals surface area contributed by atoms with Crippen molar-refractivity contribution in [2.24, 2.45) is 0 Å². The lowest BCUT2D eigenvalue weighted by molar-refractivity contribution is -0.154. The van der Waals surface area contributed by atoms with Gasteiger partial charge in [0.2, 0.25) is 11.8 Å². The number of urea groups is 1. The third-order valence-electron chi connectivity index (χ3n) is 7.79. The molecule has 5 N–H and O–H groups in total. The summed E-state index contributed by atoms with van der Waals surface area (Å²) in [5, 5.41) is 13.7. The molecule has 4 aromatic rings. The van der Waals surface area contributed by atoms with Crippen molar-refractivity contribution < 1.29 is 28.6 Å². The number of piperazine rings is 1. The number of anilines is 1. The molecule has 6 rings (SSSR count). The van der Waals surface area contributed by atoms with E-state index in [9.17, 15) is 18.8 Å². The van der Waals surface area contributed by atoms with Gasteiger partial charge in [-0.2, -0.15) is 5.01 Å². The first kappa shape index (κ1) is 30.2. The highest BCUT2D eigenvalue weighted by Crippen LogP contribution is 2.31. The largest absolute Gasteiger partial charge is 0.491 e. The molecular weight excluding hydrogens is 601 g/mol. The number of carbonyl (C=O) groups excluding carboxylic acids is 3. The Hall–Kier alpha value is -4.79. The summed E-state index contributed by atoms with van der Waals surface area (Å²) in [5.41, 5.74) is 11.8. The summed E-state index contributed by atoms with van der Waals surface area (Å²) in [4.78, 5) is 48.1. The van der Waals surface area contributed by atoms with E-state index in [4.69, 9.17) is 15.6 Å². The molecule has 0 bridgehead atoms. The minimum Gasteiger partial charge on any atom is -0.491 e. The number of halogens is 1. The van der Waals surface area contributed by atoms with Crippen molar-refractivity contribution in [2.75, 3.05) is 32.0 Å². The monoisotopic (exact) mass is 633 g/mol. The second-order valence-corrected chi connectivity index (χ2v) is 11.9. The van der Waals surface area contributed by atoms with E-state index in [2.05, 4.69) is 15.7 Å². The summed E-state index contributed by atoms with van der Waals surface area (Å²) in [6.45, 7) is 0.503. The van der Waals surface area contributed by atoms with Crippen molar-refractivity contribution >= 4 is 44.5 Å². The van der Waals surface area contributed by atoms with Gasteiger partial charge in [0.1, 0.15) is 30.4 Å². The molecule has 0 saturated carbocycles. The number of ether oxygens (including phenoxy) is 1.